The smallest absolute Gasteiger partial charge is 0.223 e. The highest BCUT2D eigenvalue weighted by atomic mass is 32.2. The van der Waals surface area contributed by atoms with E-state index in [4.69, 9.17) is 14.9 Å². The molecule has 4 aromatic heterocycles. The van der Waals surface area contributed by atoms with Crippen molar-refractivity contribution in [3.05, 3.63) is 54.7 Å². The molecule has 1 unspecified atom stereocenters. The molecule has 6 rings (SSSR count). The monoisotopic (exact) mass is 523 g/mol. The van der Waals surface area contributed by atoms with Crippen LogP contribution < -0.4 is 10.6 Å². The van der Waals surface area contributed by atoms with Gasteiger partial charge in [0.05, 0.1) is 45.3 Å². The van der Waals surface area contributed by atoms with Gasteiger partial charge in [0.15, 0.2) is 11.4 Å². The number of aromatic nitrogens is 5. The van der Waals surface area contributed by atoms with Gasteiger partial charge in [-0.25, -0.2) is 18.1 Å². The third kappa shape index (κ3) is 4.29. The number of nitrogens with one attached hydrogen (secondary N) is 1. The molecule has 0 bridgehead atoms. The molecule has 1 saturated heterocycles. The van der Waals surface area contributed by atoms with Crippen LogP contribution in [0.3, 0.4) is 0 Å². The number of piperazine rings is 1. The first kappa shape index (κ1) is 23.4. The normalized spacial score (nSPS) is 16.5. The number of anilines is 2. The molecule has 5 heterocycles. The van der Waals surface area contributed by atoms with Crippen LogP contribution in [0, 0.1) is 10.6 Å². The standard InChI is InChI=1S/C24H26FN9O2S/c1-37(27,35)16-4-5-20(18(25)13-16)32-9-6-31(7-10-32)8-11-33-23-17(15-28-33)21-14-19(22-3-2-12-36-22)30-34(21)24(26)29-23/h2-5,12-15,27H,6-11H2,1H3,(H2,26,29). The van der Waals surface area contributed by atoms with Crippen molar-refractivity contribution >= 4 is 37.9 Å². The Bertz CT molecular complexity index is 1700. The van der Waals surface area contributed by atoms with E-state index in [0.29, 0.717) is 42.4 Å². The summed E-state index contributed by atoms with van der Waals surface area (Å²) in [5.41, 5.74) is 8.87. The Hall–Kier alpha value is -3.97. The van der Waals surface area contributed by atoms with Crippen molar-refractivity contribution in [1.82, 2.24) is 29.3 Å². The lowest BCUT2D eigenvalue weighted by Gasteiger charge is -2.36. The summed E-state index contributed by atoms with van der Waals surface area (Å²) in [5, 5.41) is 9.93. The Labute approximate surface area is 212 Å². The number of benzene rings is 1. The van der Waals surface area contributed by atoms with E-state index in [2.05, 4.69) is 20.1 Å². The predicted molar refractivity (Wildman–Crippen MR) is 138 cm³/mol. The van der Waals surface area contributed by atoms with Crippen LogP contribution in [0.25, 0.3) is 28.0 Å². The van der Waals surface area contributed by atoms with E-state index < -0.39 is 15.5 Å². The molecule has 1 aromatic carbocycles. The van der Waals surface area contributed by atoms with Crippen LogP contribution in [-0.2, 0) is 16.3 Å². The van der Waals surface area contributed by atoms with Gasteiger partial charge in [0.25, 0.3) is 0 Å². The van der Waals surface area contributed by atoms with Gasteiger partial charge in [-0.3, -0.25) is 4.90 Å². The van der Waals surface area contributed by atoms with Crippen LogP contribution in [0.4, 0.5) is 16.0 Å². The topological polar surface area (TPSA) is 135 Å². The fourth-order valence-electron chi connectivity index (χ4n) is 4.72. The Balaban J connectivity index is 1.14. The zero-order valence-electron chi connectivity index (χ0n) is 20.2. The zero-order chi connectivity index (χ0) is 25.7. The summed E-state index contributed by atoms with van der Waals surface area (Å²) in [7, 11) is -2.95. The van der Waals surface area contributed by atoms with Crippen molar-refractivity contribution in [2.45, 2.75) is 11.4 Å². The van der Waals surface area contributed by atoms with Gasteiger partial charge in [-0.05, 0) is 36.4 Å². The van der Waals surface area contributed by atoms with Crippen molar-refractivity contribution < 1.29 is 13.0 Å². The summed E-state index contributed by atoms with van der Waals surface area (Å²) in [6, 6.07) is 9.99. The second-order valence-corrected chi connectivity index (χ2v) is 11.3. The molecule has 0 amide bonds. The molecule has 192 valence electrons. The highest BCUT2D eigenvalue weighted by Gasteiger charge is 2.21. The maximum Gasteiger partial charge on any atom is 0.223 e. The van der Waals surface area contributed by atoms with Gasteiger partial charge >= 0.3 is 0 Å². The van der Waals surface area contributed by atoms with Crippen LogP contribution in [0.1, 0.15) is 0 Å². The number of rotatable bonds is 6. The van der Waals surface area contributed by atoms with Gasteiger partial charge in [0.1, 0.15) is 11.5 Å². The van der Waals surface area contributed by atoms with E-state index in [0.717, 1.165) is 30.5 Å². The molecule has 11 nitrogen and oxygen atoms in total. The van der Waals surface area contributed by atoms with E-state index in [1.54, 1.807) is 29.1 Å². The summed E-state index contributed by atoms with van der Waals surface area (Å²) in [6.07, 6.45) is 4.67. The van der Waals surface area contributed by atoms with Gasteiger partial charge in [-0.15, -0.1) is 0 Å². The molecule has 1 aliphatic heterocycles. The van der Waals surface area contributed by atoms with Gasteiger partial charge < -0.3 is 15.1 Å². The Kier molecular flexibility index (Phi) is 5.60. The third-order valence-corrected chi connectivity index (χ3v) is 7.87. The van der Waals surface area contributed by atoms with E-state index in [1.807, 2.05) is 27.8 Å². The lowest BCUT2D eigenvalue weighted by molar-refractivity contribution is 0.245. The minimum absolute atomic E-state index is 0.207. The van der Waals surface area contributed by atoms with E-state index >= 15 is 0 Å². The van der Waals surface area contributed by atoms with Crippen LogP contribution in [0.5, 0.6) is 0 Å². The third-order valence-electron chi connectivity index (χ3n) is 6.72. The molecule has 0 aliphatic carbocycles. The fraction of sp³-hybridized carbons (Fsp3) is 0.292. The number of nitrogens with two attached hydrogens (primary N) is 1. The predicted octanol–water partition coefficient (Wildman–Crippen LogP) is 2.92. The number of nitrogen functional groups attached to an aromatic ring is 1. The average Bonchev–Trinajstić information content (AvgIpc) is 3.62. The first-order valence-corrected chi connectivity index (χ1v) is 13.8. The molecule has 0 spiro atoms. The van der Waals surface area contributed by atoms with Crippen LogP contribution in [-0.4, -0.2) is 72.5 Å². The summed E-state index contributed by atoms with van der Waals surface area (Å²) in [6.45, 7) is 4.23. The largest absolute Gasteiger partial charge is 0.463 e. The average molecular weight is 524 g/mol. The number of furan rings is 1. The van der Waals surface area contributed by atoms with E-state index in [1.165, 1.54) is 12.3 Å². The first-order valence-electron chi connectivity index (χ1n) is 11.8. The van der Waals surface area contributed by atoms with Gasteiger partial charge in [-0.2, -0.15) is 19.7 Å². The quantitative estimate of drug-likeness (QED) is 0.347. The molecule has 1 atom stereocenters. The summed E-state index contributed by atoms with van der Waals surface area (Å²) in [5.74, 6) is 0.480. The molecular formula is C24H26FN9O2S. The molecule has 0 saturated carbocycles. The Morgan fingerprint density at radius 3 is 2.68 bits per heavy atom. The number of halogens is 1. The maximum atomic E-state index is 14.7. The minimum Gasteiger partial charge on any atom is -0.463 e. The van der Waals surface area contributed by atoms with Crippen LogP contribution in [0.15, 0.2) is 58.2 Å². The molecule has 1 fully saturated rings. The van der Waals surface area contributed by atoms with Gasteiger partial charge in [-0.1, -0.05) is 0 Å². The summed E-state index contributed by atoms with van der Waals surface area (Å²) in [4.78, 5) is 9.04. The lowest BCUT2D eigenvalue weighted by atomic mass is 10.2. The van der Waals surface area contributed by atoms with Crippen LogP contribution >= 0.6 is 0 Å². The highest BCUT2D eigenvalue weighted by molar-refractivity contribution is 7.91. The lowest BCUT2D eigenvalue weighted by Crippen LogP contribution is -2.47. The molecule has 3 N–H and O–H groups in total. The van der Waals surface area contributed by atoms with Crippen molar-refractivity contribution in [2.24, 2.45) is 0 Å². The Morgan fingerprint density at radius 2 is 1.97 bits per heavy atom. The zero-order valence-corrected chi connectivity index (χ0v) is 21.0. The first-order chi connectivity index (χ1) is 17.8. The molecule has 37 heavy (non-hydrogen) atoms. The van der Waals surface area contributed by atoms with E-state index in [-0.39, 0.29) is 10.8 Å². The van der Waals surface area contributed by atoms with Crippen LogP contribution in [0.2, 0.25) is 0 Å². The highest BCUT2D eigenvalue weighted by Crippen LogP contribution is 2.27. The van der Waals surface area contributed by atoms with Crippen molar-refractivity contribution in [2.75, 3.05) is 49.6 Å². The summed E-state index contributed by atoms with van der Waals surface area (Å²) >= 11 is 0. The van der Waals surface area contributed by atoms with Gasteiger partial charge in [0, 0.05) is 43.9 Å². The second-order valence-electron chi connectivity index (χ2n) is 9.16. The van der Waals surface area contributed by atoms with Crippen molar-refractivity contribution in [1.29, 1.82) is 4.78 Å². The number of hydrogen-bond acceptors (Lipinski definition) is 9. The van der Waals surface area contributed by atoms with Crippen molar-refractivity contribution in [3.63, 3.8) is 0 Å². The number of nitrogens with zero attached hydrogens (tertiary/aromatic N) is 7. The number of hydrogen-bond donors (Lipinski definition) is 2. The molecule has 13 heteroatoms. The molecule has 5 aromatic rings. The fourth-order valence-corrected chi connectivity index (χ4v) is 5.38. The Morgan fingerprint density at radius 1 is 1.16 bits per heavy atom. The SMILES string of the molecule is CS(=N)(=O)c1ccc(N2CCN(CCn3ncc4c3nc(N)n3nc(-c5ccco5)cc43)CC2)c(F)c1. The van der Waals surface area contributed by atoms with E-state index in [9.17, 15) is 8.60 Å². The maximum absolute atomic E-state index is 14.7. The second kappa shape index (κ2) is 8.85. The molecule has 1 aliphatic rings. The molecule has 0 radical (unpaired) electrons. The van der Waals surface area contributed by atoms with Gasteiger partial charge in [0.2, 0.25) is 5.95 Å². The number of fused-ring (bicyclic) bond motifs is 3. The van der Waals surface area contributed by atoms with Crippen molar-refractivity contribution in [3.8, 4) is 11.5 Å². The summed E-state index contributed by atoms with van der Waals surface area (Å²) < 4.78 is 43.1. The molecular weight excluding hydrogens is 497 g/mol. The minimum atomic E-state index is -2.95.